The van der Waals surface area contributed by atoms with Gasteiger partial charge in [0.15, 0.2) is 0 Å². The Balaban J connectivity index is 2.07. The van der Waals surface area contributed by atoms with E-state index in [0.29, 0.717) is 18.7 Å². The Hall–Kier alpha value is -2.34. The Kier molecular flexibility index (Phi) is 6.80. The summed E-state index contributed by atoms with van der Waals surface area (Å²) in [5.74, 6) is -0.314. The van der Waals surface area contributed by atoms with Crippen LogP contribution >= 0.6 is 0 Å². The normalized spacial score (nSPS) is 12.4. The molecule has 2 rings (SSSR count). The molecule has 0 saturated heterocycles. The average Bonchev–Trinajstić information content (AvgIpc) is 2.62. The van der Waals surface area contributed by atoms with E-state index in [1.54, 1.807) is 19.1 Å². The number of rotatable bonds is 8. The number of hydrogen-bond donors (Lipinski definition) is 1. The number of sulfonamides is 1. The quantitative estimate of drug-likeness (QED) is 0.773. The average molecular weight is 375 g/mol. The summed E-state index contributed by atoms with van der Waals surface area (Å²) >= 11 is 0. The van der Waals surface area contributed by atoms with Crippen molar-refractivity contribution < 1.29 is 13.2 Å². The van der Waals surface area contributed by atoms with E-state index in [-0.39, 0.29) is 5.91 Å². The molecule has 1 amide bonds. The van der Waals surface area contributed by atoms with Crippen LogP contribution in [0, 0.1) is 0 Å². The third-order valence-electron chi connectivity index (χ3n) is 4.24. The van der Waals surface area contributed by atoms with Gasteiger partial charge in [-0.1, -0.05) is 49.4 Å². The highest BCUT2D eigenvalue weighted by atomic mass is 32.2. The largest absolute Gasteiger partial charge is 0.354 e. The Morgan fingerprint density at radius 1 is 1.04 bits per heavy atom. The second-order valence-electron chi connectivity index (χ2n) is 6.28. The van der Waals surface area contributed by atoms with Crippen LogP contribution in [0.5, 0.6) is 0 Å². The van der Waals surface area contributed by atoms with Gasteiger partial charge in [-0.2, -0.15) is 0 Å². The van der Waals surface area contributed by atoms with Gasteiger partial charge >= 0.3 is 0 Å². The van der Waals surface area contributed by atoms with Gasteiger partial charge in [-0.3, -0.25) is 9.10 Å². The molecule has 0 aliphatic carbocycles. The number of nitrogens with one attached hydrogen (secondary N) is 1. The minimum absolute atomic E-state index is 0.314. The lowest BCUT2D eigenvalue weighted by Gasteiger charge is -2.28. The molecule has 0 spiro atoms. The summed E-state index contributed by atoms with van der Waals surface area (Å²) in [6.07, 6.45) is 2.69. The first kappa shape index (κ1) is 20.0. The number of hydrogen-bond acceptors (Lipinski definition) is 3. The number of carbonyl (C=O) groups excluding carboxylic acids is 1. The van der Waals surface area contributed by atoms with Crippen LogP contribution in [0.3, 0.4) is 0 Å². The van der Waals surface area contributed by atoms with E-state index < -0.39 is 16.1 Å². The molecule has 0 saturated carbocycles. The number of amides is 1. The molecule has 140 valence electrons. The van der Waals surface area contributed by atoms with Gasteiger partial charge in [0.1, 0.15) is 6.04 Å². The smallest absolute Gasteiger partial charge is 0.243 e. The molecule has 0 aliphatic heterocycles. The number of nitrogens with zero attached hydrogens (tertiary/aromatic N) is 1. The summed E-state index contributed by atoms with van der Waals surface area (Å²) < 4.78 is 25.7. The SMILES string of the molecule is CCc1ccc(N([C@@H](C)C(=O)NCCc2ccccc2)S(C)(=O)=O)cc1. The number of anilines is 1. The number of aryl methyl sites for hydroxylation is 1. The second kappa shape index (κ2) is 8.85. The summed E-state index contributed by atoms with van der Waals surface area (Å²) in [5.41, 5.74) is 2.73. The van der Waals surface area contributed by atoms with Gasteiger partial charge < -0.3 is 5.32 Å². The topological polar surface area (TPSA) is 66.5 Å². The van der Waals surface area contributed by atoms with Crippen LogP contribution in [0.25, 0.3) is 0 Å². The van der Waals surface area contributed by atoms with Crippen molar-refractivity contribution in [2.24, 2.45) is 0 Å². The maximum atomic E-state index is 12.5. The molecular weight excluding hydrogens is 348 g/mol. The van der Waals surface area contributed by atoms with Crippen molar-refractivity contribution in [3.8, 4) is 0 Å². The Morgan fingerprint density at radius 2 is 1.65 bits per heavy atom. The fourth-order valence-electron chi connectivity index (χ4n) is 2.81. The highest BCUT2D eigenvalue weighted by Gasteiger charge is 2.28. The highest BCUT2D eigenvalue weighted by Crippen LogP contribution is 2.21. The van der Waals surface area contributed by atoms with Crippen LogP contribution in [0.4, 0.5) is 5.69 Å². The number of carbonyl (C=O) groups is 1. The molecule has 0 aliphatic rings. The van der Waals surface area contributed by atoms with Gasteiger partial charge in [0.25, 0.3) is 0 Å². The fourth-order valence-corrected chi connectivity index (χ4v) is 3.98. The lowest BCUT2D eigenvalue weighted by atomic mass is 10.1. The zero-order valence-electron chi connectivity index (χ0n) is 15.5. The van der Waals surface area contributed by atoms with Crippen molar-refractivity contribution in [2.45, 2.75) is 32.7 Å². The predicted octanol–water partition coefficient (Wildman–Crippen LogP) is 2.76. The van der Waals surface area contributed by atoms with Crippen molar-refractivity contribution in [2.75, 3.05) is 17.1 Å². The van der Waals surface area contributed by atoms with E-state index in [1.807, 2.05) is 49.4 Å². The van der Waals surface area contributed by atoms with E-state index in [2.05, 4.69) is 5.32 Å². The van der Waals surface area contributed by atoms with E-state index in [9.17, 15) is 13.2 Å². The fraction of sp³-hybridized carbons (Fsp3) is 0.350. The highest BCUT2D eigenvalue weighted by molar-refractivity contribution is 7.92. The lowest BCUT2D eigenvalue weighted by molar-refractivity contribution is -0.121. The second-order valence-corrected chi connectivity index (χ2v) is 8.14. The van der Waals surface area contributed by atoms with Crippen LogP contribution in [0.2, 0.25) is 0 Å². The van der Waals surface area contributed by atoms with E-state index in [1.165, 1.54) is 4.31 Å². The summed E-state index contributed by atoms with van der Waals surface area (Å²) in [4.78, 5) is 12.5. The molecule has 0 aromatic heterocycles. The van der Waals surface area contributed by atoms with Gasteiger partial charge in [-0.05, 0) is 43.0 Å². The van der Waals surface area contributed by atoms with Gasteiger partial charge in [0, 0.05) is 6.54 Å². The van der Waals surface area contributed by atoms with Crippen molar-refractivity contribution in [1.29, 1.82) is 0 Å². The third-order valence-corrected chi connectivity index (χ3v) is 5.48. The predicted molar refractivity (Wildman–Crippen MR) is 106 cm³/mol. The minimum Gasteiger partial charge on any atom is -0.354 e. The zero-order chi connectivity index (χ0) is 19.2. The van der Waals surface area contributed by atoms with Crippen LogP contribution < -0.4 is 9.62 Å². The molecule has 0 heterocycles. The van der Waals surface area contributed by atoms with Gasteiger partial charge in [0.05, 0.1) is 11.9 Å². The molecule has 5 nitrogen and oxygen atoms in total. The first-order valence-corrected chi connectivity index (χ1v) is 10.6. The molecule has 6 heteroatoms. The number of benzene rings is 2. The molecule has 1 atom stereocenters. The molecule has 2 aromatic rings. The van der Waals surface area contributed by atoms with E-state index >= 15 is 0 Å². The van der Waals surface area contributed by atoms with E-state index in [4.69, 9.17) is 0 Å². The van der Waals surface area contributed by atoms with Crippen LogP contribution in [0.15, 0.2) is 54.6 Å². The molecule has 0 fully saturated rings. The first-order valence-electron chi connectivity index (χ1n) is 8.73. The maximum Gasteiger partial charge on any atom is 0.243 e. The van der Waals surface area contributed by atoms with Gasteiger partial charge in [-0.25, -0.2) is 8.42 Å². The Labute approximate surface area is 156 Å². The van der Waals surface area contributed by atoms with Crippen LogP contribution in [-0.4, -0.2) is 33.2 Å². The molecule has 0 radical (unpaired) electrons. The molecule has 0 bridgehead atoms. The van der Waals surface area contributed by atoms with E-state index in [0.717, 1.165) is 23.8 Å². The molecule has 1 N–H and O–H groups in total. The Bertz CT molecular complexity index is 818. The molecular formula is C20H26N2O3S. The Morgan fingerprint density at radius 3 is 2.19 bits per heavy atom. The lowest BCUT2D eigenvalue weighted by Crippen LogP contribution is -2.48. The van der Waals surface area contributed by atoms with Crippen molar-refractivity contribution in [1.82, 2.24) is 5.32 Å². The molecule has 0 unspecified atom stereocenters. The summed E-state index contributed by atoms with van der Waals surface area (Å²) in [6, 6.07) is 16.3. The van der Waals surface area contributed by atoms with Crippen LogP contribution in [0.1, 0.15) is 25.0 Å². The van der Waals surface area contributed by atoms with Crippen molar-refractivity contribution in [3.05, 3.63) is 65.7 Å². The maximum absolute atomic E-state index is 12.5. The summed E-state index contributed by atoms with van der Waals surface area (Å²) in [6.45, 7) is 4.10. The monoisotopic (exact) mass is 374 g/mol. The van der Waals surface area contributed by atoms with Crippen molar-refractivity contribution >= 4 is 21.6 Å². The molecule has 2 aromatic carbocycles. The summed E-state index contributed by atoms with van der Waals surface area (Å²) in [5, 5.41) is 2.83. The first-order chi connectivity index (χ1) is 12.3. The third kappa shape index (κ3) is 5.33. The van der Waals surface area contributed by atoms with Crippen LogP contribution in [-0.2, 0) is 27.7 Å². The molecule has 26 heavy (non-hydrogen) atoms. The zero-order valence-corrected chi connectivity index (χ0v) is 16.3. The summed E-state index contributed by atoms with van der Waals surface area (Å²) in [7, 11) is -3.59. The van der Waals surface area contributed by atoms with Gasteiger partial charge in [0.2, 0.25) is 15.9 Å². The van der Waals surface area contributed by atoms with Gasteiger partial charge in [-0.15, -0.1) is 0 Å². The minimum atomic E-state index is -3.59. The standard InChI is InChI=1S/C20H26N2O3S/c1-4-17-10-12-19(13-11-17)22(26(3,24)25)16(2)20(23)21-15-14-18-8-6-5-7-9-18/h5-13,16H,4,14-15H2,1-3H3,(H,21,23)/t16-/m0/s1. The van der Waals surface area contributed by atoms with Crippen molar-refractivity contribution in [3.63, 3.8) is 0 Å².